The number of guanidine groups is 1. The number of benzene rings is 2. The zero-order valence-corrected chi connectivity index (χ0v) is 17.6. The summed E-state index contributed by atoms with van der Waals surface area (Å²) in [6.07, 6.45) is 0.270. The average Bonchev–Trinajstić information content (AvgIpc) is 2.64. The van der Waals surface area contributed by atoms with Crippen molar-refractivity contribution in [2.75, 3.05) is 12.5 Å². The maximum Gasteiger partial charge on any atom is 0.443 e. The van der Waals surface area contributed by atoms with Gasteiger partial charge in [0.05, 0.1) is 6.26 Å². The van der Waals surface area contributed by atoms with Gasteiger partial charge in [-0.1, -0.05) is 24.3 Å². The molecule has 0 atom stereocenters. The molecule has 0 aromatic heterocycles. The highest BCUT2D eigenvalue weighted by Gasteiger charge is 2.25. The Labute approximate surface area is 173 Å². The summed E-state index contributed by atoms with van der Waals surface area (Å²) in [5.74, 6) is -0.519. The van der Waals surface area contributed by atoms with Crippen molar-refractivity contribution >= 4 is 32.0 Å². The van der Waals surface area contributed by atoms with Gasteiger partial charge in [-0.15, -0.1) is 9.35 Å². The molecule has 0 saturated carbocycles. The van der Waals surface area contributed by atoms with Gasteiger partial charge in [0.1, 0.15) is 23.0 Å². The number of sulfone groups is 1. The Morgan fingerprint density at radius 3 is 2.23 bits per heavy atom. The number of rotatable bonds is 7. The number of ether oxygens (including phenoxy) is 2. The molecule has 0 unspecified atom stereocenters. The minimum Gasteiger partial charge on any atom is -0.456 e. The monoisotopic (exact) mass is 457 g/mol. The zero-order chi connectivity index (χ0) is 22.5. The summed E-state index contributed by atoms with van der Waals surface area (Å²) in [5.41, 5.74) is 5.37. The van der Waals surface area contributed by atoms with Crippen LogP contribution in [0.15, 0.2) is 53.4 Å². The summed E-state index contributed by atoms with van der Waals surface area (Å²) in [6, 6.07) is 12.6. The quantitative estimate of drug-likeness (QED) is 0.356. The second kappa shape index (κ2) is 9.11. The third-order valence-corrected chi connectivity index (χ3v) is 4.87. The fourth-order valence-corrected chi connectivity index (χ4v) is 3.39. The van der Waals surface area contributed by atoms with Gasteiger partial charge < -0.3 is 15.2 Å². The number of carbonyl (C=O) groups is 1. The molecule has 2 aromatic rings. The molecule has 162 valence electrons. The summed E-state index contributed by atoms with van der Waals surface area (Å²) in [4.78, 5) is 11.8. The summed E-state index contributed by atoms with van der Waals surface area (Å²) < 4.78 is 61.4. The van der Waals surface area contributed by atoms with Gasteiger partial charge in [-0.05, 0) is 29.8 Å². The highest BCUT2D eigenvalue weighted by Crippen LogP contribution is 2.30. The molecule has 2 rings (SSSR count). The van der Waals surface area contributed by atoms with E-state index in [1.165, 1.54) is 18.2 Å². The van der Waals surface area contributed by atoms with Crippen LogP contribution in [0.3, 0.4) is 0 Å². The fourth-order valence-electron chi connectivity index (χ4n) is 2.14. The van der Waals surface area contributed by atoms with Gasteiger partial charge in [0.2, 0.25) is 5.96 Å². The largest absolute Gasteiger partial charge is 0.456 e. The topological polar surface area (TPSA) is 166 Å². The van der Waals surface area contributed by atoms with Gasteiger partial charge in [-0.3, -0.25) is 5.41 Å². The van der Waals surface area contributed by atoms with Crippen LogP contribution in [-0.2, 0) is 35.6 Å². The van der Waals surface area contributed by atoms with E-state index in [0.717, 1.165) is 6.26 Å². The summed E-state index contributed by atoms with van der Waals surface area (Å²) in [5, 5.41) is 7.16. The molecular weight excluding hydrogens is 438 g/mol. The van der Waals surface area contributed by atoms with Crippen molar-refractivity contribution in [1.29, 1.82) is 5.41 Å². The lowest BCUT2D eigenvalue weighted by molar-refractivity contribution is 0.00878. The molecule has 0 aliphatic rings. The van der Waals surface area contributed by atoms with Crippen LogP contribution in [0.5, 0.6) is 11.5 Å². The molecule has 0 aliphatic heterocycles. The number of nitrogens with two attached hydrogens (primary N) is 1. The van der Waals surface area contributed by atoms with Crippen LogP contribution in [0.4, 0.5) is 4.79 Å². The van der Waals surface area contributed by atoms with Gasteiger partial charge in [-0.25, -0.2) is 13.2 Å². The molecule has 0 aliphatic carbocycles. The molecule has 0 fully saturated rings. The first-order chi connectivity index (χ1) is 13.9. The van der Waals surface area contributed by atoms with E-state index in [1.54, 1.807) is 30.3 Å². The fraction of sp³-hybridized carbons (Fsp3) is 0.176. The number of carbonyl (C=O) groups excluding carboxylic acids is 1. The summed E-state index contributed by atoms with van der Waals surface area (Å²) >= 11 is 0. The van der Waals surface area contributed by atoms with E-state index in [1.807, 2.05) is 0 Å². The molecule has 30 heavy (non-hydrogen) atoms. The summed E-state index contributed by atoms with van der Waals surface area (Å²) in [7, 11) is -7.85. The van der Waals surface area contributed by atoms with E-state index in [4.69, 9.17) is 20.6 Å². The van der Waals surface area contributed by atoms with E-state index < -0.39 is 38.6 Å². The van der Waals surface area contributed by atoms with E-state index in [2.05, 4.69) is 4.28 Å². The molecule has 0 bridgehead atoms. The number of para-hydroxylation sites is 1. The Hall–Kier alpha value is -3.16. The van der Waals surface area contributed by atoms with Gasteiger partial charge in [-0.2, -0.15) is 8.42 Å². The number of hydrogen-bond acceptors (Lipinski definition) is 9. The van der Waals surface area contributed by atoms with Gasteiger partial charge in [0, 0.05) is 6.26 Å². The highest BCUT2D eigenvalue weighted by molar-refractivity contribution is 7.90. The standard InChI is InChI=1S/C17H19N3O8S2/c1-29(22,23)15-10-12(8-9-14(15)27-13-6-4-3-5-7-13)11-26-17(21)20(16(18)19)28-30(2,24)25/h3-10H,11H2,1-2H3,(H3,18,19). The molecular formula is C17H19N3O8S2. The second-order valence-corrected chi connectivity index (χ2v) is 9.52. The Kier molecular flexibility index (Phi) is 7.02. The smallest absolute Gasteiger partial charge is 0.443 e. The van der Waals surface area contributed by atoms with Crippen molar-refractivity contribution in [2.24, 2.45) is 5.73 Å². The lowest BCUT2D eigenvalue weighted by Crippen LogP contribution is -2.42. The maximum atomic E-state index is 12.2. The predicted octanol–water partition coefficient (Wildman–Crippen LogP) is 1.61. The lowest BCUT2D eigenvalue weighted by atomic mass is 10.2. The van der Waals surface area contributed by atoms with Crippen molar-refractivity contribution < 1.29 is 35.4 Å². The van der Waals surface area contributed by atoms with E-state index in [-0.39, 0.29) is 21.3 Å². The second-order valence-electron chi connectivity index (χ2n) is 5.98. The zero-order valence-electron chi connectivity index (χ0n) is 15.9. The van der Waals surface area contributed by atoms with Crippen LogP contribution in [0, 0.1) is 5.41 Å². The molecule has 2 aromatic carbocycles. The van der Waals surface area contributed by atoms with Crippen molar-refractivity contribution in [2.45, 2.75) is 11.5 Å². The van der Waals surface area contributed by atoms with E-state index >= 15 is 0 Å². The van der Waals surface area contributed by atoms with Crippen molar-refractivity contribution in [1.82, 2.24) is 5.06 Å². The van der Waals surface area contributed by atoms with Crippen molar-refractivity contribution in [3.63, 3.8) is 0 Å². The lowest BCUT2D eigenvalue weighted by Gasteiger charge is -2.17. The molecule has 11 nitrogen and oxygen atoms in total. The molecule has 0 saturated heterocycles. The number of nitrogens with one attached hydrogen (secondary N) is 1. The number of nitrogens with zero attached hydrogens (tertiary/aromatic N) is 1. The number of hydroxylamine groups is 2. The molecule has 0 radical (unpaired) electrons. The molecule has 0 heterocycles. The maximum absolute atomic E-state index is 12.2. The third-order valence-electron chi connectivity index (χ3n) is 3.34. The molecule has 0 spiro atoms. The van der Waals surface area contributed by atoms with Crippen LogP contribution in [0.2, 0.25) is 0 Å². The van der Waals surface area contributed by atoms with Gasteiger partial charge in [0.25, 0.3) is 10.1 Å². The molecule has 1 amide bonds. The van der Waals surface area contributed by atoms with Crippen LogP contribution in [0.1, 0.15) is 5.56 Å². The highest BCUT2D eigenvalue weighted by atomic mass is 32.2. The molecule has 3 N–H and O–H groups in total. The van der Waals surface area contributed by atoms with Crippen LogP contribution in [-0.4, -0.2) is 46.5 Å². The van der Waals surface area contributed by atoms with Crippen LogP contribution >= 0.6 is 0 Å². The van der Waals surface area contributed by atoms with Gasteiger partial charge in [0.15, 0.2) is 9.84 Å². The Balaban J connectivity index is 2.22. The first kappa shape index (κ1) is 23.1. The molecule has 13 heteroatoms. The van der Waals surface area contributed by atoms with Crippen molar-refractivity contribution in [3.05, 3.63) is 54.1 Å². The van der Waals surface area contributed by atoms with Crippen LogP contribution in [0.25, 0.3) is 0 Å². The van der Waals surface area contributed by atoms with E-state index in [9.17, 15) is 21.6 Å². The minimum absolute atomic E-state index is 0.0559. The third kappa shape index (κ3) is 6.72. The SMILES string of the molecule is CS(=O)(=O)ON(C(=N)N)C(=O)OCc1ccc(Oc2ccccc2)c(S(C)(=O)=O)c1. The normalized spacial score (nSPS) is 11.5. The van der Waals surface area contributed by atoms with Crippen molar-refractivity contribution in [3.8, 4) is 11.5 Å². The minimum atomic E-state index is -4.15. The number of amides is 1. The Bertz CT molecular complexity index is 1150. The first-order valence-corrected chi connectivity index (χ1v) is 11.8. The first-order valence-electron chi connectivity index (χ1n) is 8.13. The van der Waals surface area contributed by atoms with Crippen LogP contribution < -0.4 is 10.5 Å². The van der Waals surface area contributed by atoms with E-state index in [0.29, 0.717) is 12.0 Å². The predicted molar refractivity (Wildman–Crippen MR) is 106 cm³/mol. The summed E-state index contributed by atoms with van der Waals surface area (Å²) in [6.45, 7) is -0.454. The Morgan fingerprint density at radius 2 is 1.70 bits per heavy atom. The van der Waals surface area contributed by atoms with Gasteiger partial charge >= 0.3 is 6.09 Å². The number of hydrogen-bond donors (Lipinski definition) is 2. The Morgan fingerprint density at radius 1 is 1.07 bits per heavy atom. The average molecular weight is 457 g/mol.